The van der Waals surface area contributed by atoms with E-state index in [-0.39, 0.29) is 11.9 Å². The van der Waals surface area contributed by atoms with Crippen molar-refractivity contribution in [3.05, 3.63) is 89.5 Å². The molecule has 3 heterocycles. The van der Waals surface area contributed by atoms with Gasteiger partial charge < -0.3 is 9.88 Å². The normalized spacial score (nSPS) is 12.5. The summed E-state index contributed by atoms with van der Waals surface area (Å²) in [6, 6.07) is 19.5. The van der Waals surface area contributed by atoms with E-state index >= 15 is 0 Å². The Bertz CT molecular complexity index is 1460. The monoisotopic (exact) mass is 438 g/mol. The van der Waals surface area contributed by atoms with Crippen LogP contribution in [-0.4, -0.2) is 30.2 Å². The van der Waals surface area contributed by atoms with Gasteiger partial charge in [0.25, 0.3) is 5.91 Å². The minimum atomic E-state index is -0.412. The minimum absolute atomic E-state index is 0.189. The first kappa shape index (κ1) is 20.9. The number of hydrogen-bond acceptors (Lipinski definition) is 4. The molecule has 3 aromatic heterocycles. The van der Waals surface area contributed by atoms with Crippen molar-refractivity contribution in [2.45, 2.75) is 32.9 Å². The third kappa shape index (κ3) is 3.65. The van der Waals surface area contributed by atoms with E-state index in [9.17, 15) is 4.79 Å². The van der Waals surface area contributed by atoms with Crippen LogP contribution in [0.15, 0.2) is 66.9 Å². The highest BCUT2D eigenvalue weighted by Gasteiger charge is 2.24. The van der Waals surface area contributed by atoms with Gasteiger partial charge in [-0.3, -0.25) is 4.79 Å². The molecule has 0 saturated heterocycles. The zero-order chi connectivity index (χ0) is 23.1. The Balaban J connectivity index is 1.57. The molecule has 0 saturated carbocycles. The first-order valence-electron chi connectivity index (χ1n) is 11.1. The zero-order valence-electron chi connectivity index (χ0n) is 19.1. The van der Waals surface area contributed by atoms with Crippen molar-refractivity contribution in [2.75, 3.05) is 0 Å². The number of imidazole rings is 1. The highest BCUT2D eigenvalue weighted by molar-refractivity contribution is 5.98. The summed E-state index contributed by atoms with van der Waals surface area (Å²) in [6.07, 6.45) is 1.76. The summed E-state index contributed by atoms with van der Waals surface area (Å²) in [5.41, 5.74) is 4.86. The van der Waals surface area contributed by atoms with Crippen LogP contribution in [0.25, 0.3) is 22.1 Å². The number of amides is 1. The molecule has 7 nitrogen and oxygen atoms in total. The molecular formula is C26H26N6O. The van der Waals surface area contributed by atoms with Gasteiger partial charge in [0.15, 0.2) is 5.65 Å². The van der Waals surface area contributed by atoms with E-state index in [4.69, 9.17) is 9.97 Å². The van der Waals surface area contributed by atoms with Gasteiger partial charge in [0.2, 0.25) is 0 Å². The van der Waals surface area contributed by atoms with Gasteiger partial charge >= 0.3 is 0 Å². The molecule has 33 heavy (non-hydrogen) atoms. The Kier molecular flexibility index (Phi) is 5.17. The number of pyridine rings is 1. The molecule has 5 aromatic rings. The van der Waals surface area contributed by atoms with Crippen LogP contribution in [0.3, 0.4) is 0 Å². The molecule has 0 spiro atoms. The zero-order valence-corrected chi connectivity index (χ0v) is 19.1. The molecule has 166 valence electrons. The summed E-state index contributed by atoms with van der Waals surface area (Å²) in [4.78, 5) is 23.1. The molecule has 0 aliphatic heterocycles. The minimum Gasteiger partial charge on any atom is -0.338 e. The fourth-order valence-corrected chi connectivity index (χ4v) is 4.25. The molecule has 1 unspecified atom stereocenters. The molecule has 5 rings (SSSR count). The Morgan fingerprint density at radius 2 is 1.73 bits per heavy atom. The van der Waals surface area contributed by atoms with Gasteiger partial charge in [0, 0.05) is 18.5 Å². The highest BCUT2D eigenvalue weighted by atomic mass is 16.1. The summed E-state index contributed by atoms with van der Waals surface area (Å²) in [5, 5.41) is 8.50. The smallest absolute Gasteiger partial charge is 0.254 e. The molecule has 7 heteroatoms. The number of nitrogens with one attached hydrogen (secondary N) is 1. The number of aryl methyl sites for hydroxylation is 2. The first-order valence-corrected chi connectivity index (χ1v) is 11.1. The fraction of sp³-hybridized carbons (Fsp3) is 0.231. The van der Waals surface area contributed by atoms with Gasteiger partial charge in [-0.1, -0.05) is 42.5 Å². The van der Waals surface area contributed by atoms with Gasteiger partial charge in [-0.15, -0.1) is 0 Å². The largest absolute Gasteiger partial charge is 0.338 e. The fourth-order valence-electron chi connectivity index (χ4n) is 4.25. The number of carbonyl (C=O) groups is 1. The number of aromatic nitrogens is 5. The average Bonchev–Trinajstić information content (AvgIpc) is 3.38. The van der Waals surface area contributed by atoms with E-state index in [0.717, 1.165) is 33.5 Å². The second kappa shape index (κ2) is 8.16. The van der Waals surface area contributed by atoms with E-state index < -0.39 is 6.04 Å². The summed E-state index contributed by atoms with van der Waals surface area (Å²) in [5.74, 6) is 0.579. The Labute approximate surface area is 192 Å². The molecule has 2 aromatic carbocycles. The highest BCUT2D eigenvalue weighted by Crippen LogP contribution is 2.26. The van der Waals surface area contributed by atoms with Crippen LogP contribution in [0.4, 0.5) is 0 Å². The second-order valence-corrected chi connectivity index (χ2v) is 8.55. The molecule has 0 fully saturated rings. The Morgan fingerprint density at radius 3 is 2.45 bits per heavy atom. The van der Waals surface area contributed by atoms with Crippen molar-refractivity contribution >= 4 is 28.0 Å². The molecule has 1 amide bonds. The van der Waals surface area contributed by atoms with Crippen LogP contribution in [0.1, 0.15) is 53.4 Å². The number of para-hydroxylation sites is 2. The number of benzene rings is 2. The van der Waals surface area contributed by atoms with E-state index in [0.29, 0.717) is 11.3 Å². The average molecular weight is 439 g/mol. The SMILES string of the molecule is Cc1nc2c(cnn2C(C)C)cc1C(=O)NC(c1ccccc1)c1nc2ccccc2n1C. The van der Waals surface area contributed by atoms with Crippen molar-refractivity contribution < 1.29 is 4.79 Å². The third-order valence-corrected chi connectivity index (χ3v) is 5.98. The number of fused-ring (bicyclic) bond motifs is 2. The van der Waals surface area contributed by atoms with Crippen LogP contribution in [0.2, 0.25) is 0 Å². The lowest BCUT2D eigenvalue weighted by Crippen LogP contribution is -2.31. The molecular weight excluding hydrogens is 412 g/mol. The van der Waals surface area contributed by atoms with Crippen molar-refractivity contribution in [3.63, 3.8) is 0 Å². The number of carbonyl (C=O) groups excluding carboxylic acids is 1. The van der Waals surface area contributed by atoms with Crippen LogP contribution in [0, 0.1) is 6.92 Å². The lowest BCUT2D eigenvalue weighted by Gasteiger charge is -2.20. The lowest BCUT2D eigenvalue weighted by molar-refractivity contribution is 0.0940. The van der Waals surface area contributed by atoms with Crippen molar-refractivity contribution in [2.24, 2.45) is 7.05 Å². The van der Waals surface area contributed by atoms with E-state index in [1.54, 1.807) is 6.20 Å². The van der Waals surface area contributed by atoms with Gasteiger partial charge in [-0.05, 0) is 44.5 Å². The molecule has 0 radical (unpaired) electrons. The summed E-state index contributed by atoms with van der Waals surface area (Å²) >= 11 is 0. The molecule has 1 N–H and O–H groups in total. The molecule has 0 aliphatic rings. The maximum absolute atomic E-state index is 13.5. The quantitative estimate of drug-likeness (QED) is 0.430. The lowest BCUT2D eigenvalue weighted by atomic mass is 10.0. The molecule has 0 bridgehead atoms. The van der Waals surface area contributed by atoms with Crippen LogP contribution in [-0.2, 0) is 7.05 Å². The van der Waals surface area contributed by atoms with Crippen LogP contribution >= 0.6 is 0 Å². The maximum Gasteiger partial charge on any atom is 0.254 e. The number of hydrogen-bond donors (Lipinski definition) is 1. The van der Waals surface area contributed by atoms with Crippen molar-refractivity contribution in [3.8, 4) is 0 Å². The van der Waals surface area contributed by atoms with Crippen LogP contribution < -0.4 is 5.32 Å². The summed E-state index contributed by atoms with van der Waals surface area (Å²) in [6.45, 7) is 5.98. The van der Waals surface area contributed by atoms with Gasteiger partial charge in [0.05, 0.1) is 28.5 Å². The summed E-state index contributed by atoms with van der Waals surface area (Å²) < 4.78 is 3.91. The van der Waals surface area contributed by atoms with Gasteiger partial charge in [-0.2, -0.15) is 5.10 Å². The first-order chi connectivity index (χ1) is 15.9. The van der Waals surface area contributed by atoms with Crippen molar-refractivity contribution in [1.82, 2.24) is 29.6 Å². The van der Waals surface area contributed by atoms with Crippen molar-refractivity contribution in [1.29, 1.82) is 0 Å². The topological polar surface area (TPSA) is 77.6 Å². The molecule has 0 aliphatic carbocycles. The predicted molar refractivity (Wildman–Crippen MR) is 129 cm³/mol. The van der Waals surface area contributed by atoms with E-state index in [1.165, 1.54) is 0 Å². The van der Waals surface area contributed by atoms with Crippen LogP contribution in [0.5, 0.6) is 0 Å². The number of rotatable bonds is 5. The third-order valence-electron chi connectivity index (χ3n) is 5.98. The second-order valence-electron chi connectivity index (χ2n) is 8.55. The van der Waals surface area contributed by atoms with Gasteiger partial charge in [0.1, 0.15) is 11.9 Å². The molecule has 1 atom stereocenters. The predicted octanol–water partition coefficient (Wildman–Crippen LogP) is 4.73. The number of nitrogens with zero attached hydrogens (tertiary/aromatic N) is 5. The summed E-state index contributed by atoms with van der Waals surface area (Å²) in [7, 11) is 1.98. The van der Waals surface area contributed by atoms with E-state index in [1.807, 2.05) is 83.9 Å². The van der Waals surface area contributed by atoms with Gasteiger partial charge in [-0.25, -0.2) is 14.6 Å². The Morgan fingerprint density at radius 1 is 1.00 bits per heavy atom. The standard InChI is InChI=1S/C26H26N6O/c1-16(2)32-24-19(15-27-32)14-20(17(3)28-24)26(33)30-23(18-10-6-5-7-11-18)25-29-21-12-8-9-13-22(21)31(25)4/h5-16,23H,1-4H3,(H,30,33). The van der Waals surface area contributed by atoms with E-state index in [2.05, 4.69) is 24.3 Å². The maximum atomic E-state index is 13.5. The Hall–Kier alpha value is -4.00.